The minimum Gasteiger partial charge on any atom is -0.361 e. The summed E-state index contributed by atoms with van der Waals surface area (Å²) in [5.41, 5.74) is 3.54. The maximum Gasteiger partial charge on any atom is 0.251 e. The van der Waals surface area contributed by atoms with Crippen LogP contribution in [0.25, 0.3) is 0 Å². The Kier molecular flexibility index (Phi) is 4.60. The first-order valence-corrected chi connectivity index (χ1v) is 7.53. The number of aromatic nitrogens is 1. The zero-order chi connectivity index (χ0) is 14.7. The first-order chi connectivity index (χ1) is 9.52. The molecule has 0 aliphatic carbocycles. The van der Waals surface area contributed by atoms with E-state index in [4.69, 9.17) is 4.52 Å². The van der Waals surface area contributed by atoms with E-state index in [9.17, 15) is 4.79 Å². The van der Waals surface area contributed by atoms with Gasteiger partial charge in [-0.1, -0.05) is 33.2 Å². The summed E-state index contributed by atoms with van der Waals surface area (Å²) in [6, 6.07) is 7.39. The third kappa shape index (κ3) is 3.10. The molecule has 2 aromatic rings. The first kappa shape index (κ1) is 14.8. The van der Waals surface area contributed by atoms with Crippen molar-refractivity contribution in [2.24, 2.45) is 0 Å². The Balaban J connectivity index is 2.11. The van der Waals surface area contributed by atoms with Crippen molar-refractivity contribution in [2.75, 3.05) is 0 Å². The summed E-state index contributed by atoms with van der Waals surface area (Å²) in [6.45, 7) is 5.65. The monoisotopic (exact) mass is 336 g/mol. The Labute approximate surface area is 126 Å². The Bertz CT molecular complexity index is 585. The van der Waals surface area contributed by atoms with Gasteiger partial charge in [0.25, 0.3) is 5.91 Å². The third-order valence-electron chi connectivity index (χ3n) is 3.24. The van der Waals surface area contributed by atoms with Crippen LogP contribution in [0, 0.1) is 13.8 Å². The van der Waals surface area contributed by atoms with E-state index in [1.165, 1.54) is 0 Å². The number of nitrogens with one attached hydrogen (secondary N) is 1. The molecule has 20 heavy (non-hydrogen) atoms. The van der Waals surface area contributed by atoms with Crippen molar-refractivity contribution in [2.45, 2.75) is 32.1 Å². The summed E-state index contributed by atoms with van der Waals surface area (Å²) < 4.78 is 5.13. The summed E-state index contributed by atoms with van der Waals surface area (Å²) in [5, 5.41) is 7.66. The van der Waals surface area contributed by atoms with Gasteiger partial charge in [-0.25, -0.2) is 0 Å². The maximum atomic E-state index is 12.2. The van der Waals surface area contributed by atoms with Gasteiger partial charge in [0, 0.05) is 16.5 Å². The quantitative estimate of drug-likeness (QED) is 0.866. The van der Waals surface area contributed by atoms with Crippen LogP contribution in [0.5, 0.6) is 0 Å². The molecule has 1 N–H and O–H groups in total. The average molecular weight is 337 g/mol. The molecule has 0 saturated heterocycles. The predicted molar refractivity (Wildman–Crippen MR) is 80.9 cm³/mol. The van der Waals surface area contributed by atoms with E-state index >= 15 is 0 Å². The fourth-order valence-electron chi connectivity index (χ4n) is 2.21. The number of alkyl halides is 1. The zero-order valence-corrected chi connectivity index (χ0v) is 13.3. The van der Waals surface area contributed by atoms with Crippen LogP contribution in [0.2, 0.25) is 0 Å². The van der Waals surface area contributed by atoms with Crippen molar-refractivity contribution in [1.29, 1.82) is 0 Å². The molecule has 0 saturated carbocycles. The molecule has 0 radical (unpaired) electrons. The number of carbonyl (C=O) groups excluding carboxylic acids is 1. The number of carbonyl (C=O) groups is 1. The average Bonchev–Trinajstić information content (AvgIpc) is 2.78. The van der Waals surface area contributed by atoms with Crippen LogP contribution in [0.4, 0.5) is 0 Å². The molecule has 1 aromatic carbocycles. The Hall–Kier alpha value is -1.62. The van der Waals surface area contributed by atoms with Crippen molar-refractivity contribution in [1.82, 2.24) is 10.5 Å². The highest BCUT2D eigenvalue weighted by Gasteiger charge is 2.18. The SMILES string of the molecule is Cc1noc(C)c1C(C)NC(=O)c1ccc(CBr)cc1. The van der Waals surface area contributed by atoms with Crippen molar-refractivity contribution in [3.05, 3.63) is 52.4 Å². The predicted octanol–water partition coefficient (Wildman–Crippen LogP) is 3.68. The number of hydrogen-bond acceptors (Lipinski definition) is 3. The van der Waals surface area contributed by atoms with Gasteiger partial charge in [-0.3, -0.25) is 4.79 Å². The van der Waals surface area contributed by atoms with Crippen LogP contribution in [0.1, 0.15) is 45.9 Å². The lowest BCUT2D eigenvalue weighted by atomic mass is 10.1. The molecule has 1 unspecified atom stereocenters. The molecule has 1 heterocycles. The first-order valence-electron chi connectivity index (χ1n) is 6.41. The van der Waals surface area contributed by atoms with E-state index in [0.717, 1.165) is 27.9 Å². The zero-order valence-electron chi connectivity index (χ0n) is 11.7. The van der Waals surface area contributed by atoms with Crippen molar-refractivity contribution < 1.29 is 9.32 Å². The molecule has 0 spiro atoms. The molecule has 4 nitrogen and oxygen atoms in total. The standard InChI is InChI=1S/C15H17BrN2O2/c1-9(14-10(2)18-20-11(14)3)17-15(19)13-6-4-12(8-16)5-7-13/h4-7,9H,8H2,1-3H3,(H,17,19). The summed E-state index contributed by atoms with van der Waals surface area (Å²) in [7, 11) is 0. The molecule has 0 aliphatic rings. The van der Waals surface area contributed by atoms with E-state index in [1.807, 2.05) is 45.0 Å². The normalized spacial score (nSPS) is 12.2. The van der Waals surface area contributed by atoms with Crippen LogP contribution in [0.3, 0.4) is 0 Å². The third-order valence-corrected chi connectivity index (χ3v) is 3.89. The van der Waals surface area contributed by atoms with Crippen LogP contribution < -0.4 is 5.32 Å². The Morgan fingerprint density at radius 1 is 1.35 bits per heavy atom. The van der Waals surface area contributed by atoms with Gasteiger partial charge in [-0.15, -0.1) is 0 Å². The van der Waals surface area contributed by atoms with Crippen molar-refractivity contribution >= 4 is 21.8 Å². The summed E-state index contributed by atoms with van der Waals surface area (Å²) in [4.78, 5) is 12.2. The molecule has 0 fully saturated rings. The van der Waals surface area contributed by atoms with E-state index in [2.05, 4.69) is 26.4 Å². The fraction of sp³-hybridized carbons (Fsp3) is 0.333. The Morgan fingerprint density at radius 2 is 2.00 bits per heavy atom. The minimum absolute atomic E-state index is 0.0985. The lowest BCUT2D eigenvalue weighted by Crippen LogP contribution is -2.27. The highest BCUT2D eigenvalue weighted by atomic mass is 79.9. The van der Waals surface area contributed by atoms with E-state index in [-0.39, 0.29) is 11.9 Å². The number of halogens is 1. The molecule has 2 rings (SSSR count). The molecule has 5 heteroatoms. The molecule has 106 valence electrons. The topological polar surface area (TPSA) is 55.1 Å². The summed E-state index contributed by atoms with van der Waals surface area (Å²) in [6.07, 6.45) is 0. The smallest absolute Gasteiger partial charge is 0.251 e. The number of hydrogen-bond donors (Lipinski definition) is 1. The summed E-state index contributed by atoms with van der Waals surface area (Å²) in [5.74, 6) is 0.642. The Morgan fingerprint density at radius 3 is 2.50 bits per heavy atom. The van der Waals surface area contributed by atoms with Crippen LogP contribution in [-0.4, -0.2) is 11.1 Å². The number of benzene rings is 1. The van der Waals surface area contributed by atoms with Gasteiger partial charge in [0.05, 0.1) is 11.7 Å². The number of aryl methyl sites for hydroxylation is 2. The highest BCUT2D eigenvalue weighted by molar-refractivity contribution is 9.08. The maximum absolute atomic E-state index is 12.2. The van der Waals surface area contributed by atoms with Crippen molar-refractivity contribution in [3.8, 4) is 0 Å². The van der Waals surface area contributed by atoms with Gasteiger partial charge in [0.15, 0.2) is 0 Å². The van der Waals surface area contributed by atoms with Crippen LogP contribution >= 0.6 is 15.9 Å². The molecular formula is C15H17BrN2O2. The van der Waals surface area contributed by atoms with Gasteiger partial charge in [-0.2, -0.15) is 0 Å². The lowest BCUT2D eigenvalue weighted by Gasteiger charge is -2.14. The second-order valence-corrected chi connectivity index (χ2v) is 5.32. The van der Waals surface area contributed by atoms with Gasteiger partial charge in [0.1, 0.15) is 5.76 Å². The molecule has 1 atom stereocenters. The van der Waals surface area contributed by atoms with Crippen molar-refractivity contribution in [3.63, 3.8) is 0 Å². The van der Waals surface area contributed by atoms with Crippen LogP contribution in [0.15, 0.2) is 28.8 Å². The highest BCUT2D eigenvalue weighted by Crippen LogP contribution is 2.21. The van der Waals surface area contributed by atoms with Gasteiger partial charge in [-0.05, 0) is 38.5 Å². The minimum atomic E-state index is -0.135. The second-order valence-electron chi connectivity index (χ2n) is 4.76. The van der Waals surface area contributed by atoms with Crippen LogP contribution in [-0.2, 0) is 5.33 Å². The number of amides is 1. The van der Waals surface area contributed by atoms with E-state index < -0.39 is 0 Å². The van der Waals surface area contributed by atoms with Gasteiger partial charge >= 0.3 is 0 Å². The van der Waals surface area contributed by atoms with Gasteiger partial charge in [0.2, 0.25) is 0 Å². The van der Waals surface area contributed by atoms with E-state index in [0.29, 0.717) is 5.56 Å². The molecule has 0 bridgehead atoms. The molecule has 1 amide bonds. The molecule has 0 aliphatic heterocycles. The largest absolute Gasteiger partial charge is 0.361 e. The van der Waals surface area contributed by atoms with Gasteiger partial charge < -0.3 is 9.84 Å². The second kappa shape index (κ2) is 6.22. The fourth-order valence-corrected chi connectivity index (χ4v) is 2.58. The summed E-state index contributed by atoms with van der Waals surface area (Å²) >= 11 is 3.38. The number of rotatable bonds is 4. The molecule has 1 aromatic heterocycles. The van der Waals surface area contributed by atoms with E-state index in [1.54, 1.807) is 0 Å². The lowest BCUT2D eigenvalue weighted by molar-refractivity contribution is 0.0939. The number of nitrogens with zero attached hydrogens (tertiary/aromatic N) is 1. The molecular weight excluding hydrogens is 320 g/mol.